The molecule has 0 bridgehead atoms. The van der Waals surface area contributed by atoms with Gasteiger partial charge in [0.05, 0.1) is 11.1 Å². The minimum absolute atomic E-state index is 0.583. The van der Waals surface area contributed by atoms with Crippen molar-refractivity contribution >= 4 is 31.9 Å². The molecule has 5 heteroatoms. The third-order valence-corrected chi connectivity index (χ3v) is 5.07. The summed E-state index contributed by atoms with van der Waals surface area (Å²) in [5.74, 6) is 0.936. The number of rotatable bonds is 5. The Labute approximate surface area is 144 Å². The molecule has 1 fully saturated rings. The zero-order valence-corrected chi connectivity index (χ0v) is 16.1. The summed E-state index contributed by atoms with van der Waals surface area (Å²) in [5, 5.41) is 2.40. The zero-order valence-electron chi connectivity index (χ0n) is 13.0. The molecular weight excluding hydrogens is 396 g/mol. The van der Waals surface area contributed by atoms with E-state index < -0.39 is 0 Å². The molecule has 1 N–H and O–H groups in total. The number of benzene rings is 1. The van der Waals surface area contributed by atoms with E-state index in [9.17, 15) is 0 Å². The van der Waals surface area contributed by atoms with E-state index in [1.165, 1.54) is 24.8 Å². The second-order valence-corrected chi connectivity index (χ2v) is 7.45. The van der Waals surface area contributed by atoms with Gasteiger partial charge in [0.25, 0.3) is 0 Å². The highest BCUT2D eigenvalue weighted by molar-refractivity contribution is 9.11. The van der Waals surface area contributed by atoms with Crippen molar-refractivity contribution in [3.05, 3.63) is 26.6 Å². The van der Waals surface area contributed by atoms with Crippen LogP contribution < -0.4 is 10.2 Å². The third kappa shape index (κ3) is 4.44. The Morgan fingerprint density at radius 2 is 1.90 bits per heavy atom. The summed E-state index contributed by atoms with van der Waals surface area (Å²) in [5.41, 5.74) is 4.77. The Morgan fingerprint density at radius 3 is 2.52 bits per heavy atom. The molecule has 0 aliphatic carbocycles. The van der Waals surface area contributed by atoms with Gasteiger partial charge in [-0.3, -0.25) is 5.43 Å². The van der Waals surface area contributed by atoms with Crippen LogP contribution in [0.1, 0.15) is 45.6 Å². The van der Waals surface area contributed by atoms with Crippen molar-refractivity contribution in [2.24, 2.45) is 0 Å². The van der Waals surface area contributed by atoms with Gasteiger partial charge in [-0.2, -0.15) is 0 Å². The van der Waals surface area contributed by atoms with Gasteiger partial charge in [-0.15, -0.1) is 0 Å². The molecule has 21 heavy (non-hydrogen) atoms. The molecule has 0 radical (unpaired) electrons. The second-order valence-electron chi connectivity index (χ2n) is 5.68. The van der Waals surface area contributed by atoms with E-state index in [1.54, 1.807) is 0 Å². The number of hydrogen-bond donors (Lipinski definition) is 1. The lowest BCUT2D eigenvalue weighted by Crippen LogP contribution is -2.51. The summed E-state index contributed by atoms with van der Waals surface area (Å²) in [6, 6.07) is 5.32. The largest absolute Gasteiger partial charge is 0.492 e. The number of piperidine rings is 1. The topological polar surface area (TPSA) is 24.5 Å². The Kier molecular flexibility index (Phi) is 6.53. The smallest absolute Gasteiger partial charge is 0.138 e. The summed E-state index contributed by atoms with van der Waals surface area (Å²) in [4.78, 5) is 0. The van der Waals surface area contributed by atoms with Crippen LogP contribution in [0.5, 0.6) is 5.75 Å². The fourth-order valence-corrected chi connectivity index (χ4v) is 4.39. The number of hydrazine groups is 1. The molecule has 0 aromatic heterocycles. The molecule has 0 amide bonds. The first-order valence-electron chi connectivity index (χ1n) is 7.65. The molecule has 1 aromatic carbocycles. The monoisotopic (exact) mass is 418 g/mol. The van der Waals surface area contributed by atoms with Gasteiger partial charge in [-0.25, -0.2) is 5.01 Å². The highest BCUT2D eigenvalue weighted by atomic mass is 79.9. The lowest BCUT2D eigenvalue weighted by Gasteiger charge is -2.39. The van der Waals surface area contributed by atoms with Crippen LogP contribution >= 0.6 is 31.9 Å². The summed E-state index contributed by atoms with van der Waals surface area (Å²) < 4.78 is 7.85. The maximum atomic E-state index is 5.79. The van der Waals surface area contributed by atoms with E-state index in [4.69, 9.17) is 4.74 Å². The highest BCUT2D eigenvalue weighted by Crippen LogP contribution is 2.33. The average Bonchev–Trinajstić information content (AvgIpc) is 2.42. The molecule has 2 atom stereocenters. The van der Waals surface area contributed by atoms with Crippen molar-refractivity contribution in [2.75, 3.05) is 6.61 Å². The Balaban J connectivity index is 2.11. The maximum Gasteiger partial charge on any atom is 0.138 e. The van der Waals surface area contributed by atoms with Crippen LogP contribution in [0.2, 0.25) is 0 Å². The van der Waals surface area contributed by atoms with Crippen LogP contribution in [-0.4, -0.2) is 23.7 Å². The minimum Gasteiger partial charge on any atom is -0.492 e. The van der Waals surface area contributed by atoms with Crippen LogP contribution in [0.3, 0.4) is 0 Å². The summed E-state index contributed by atoms with van der Waals surface area (Å²) in [7, 11) is 0. The Bertz CT molecular complexity index is 472. The fraction of sp³-hybridized carbons (Fsp3) is 0.625. The van der Waals surface area contributed by atoms with Crippen molar-refractivity contribution in [3.8, 4) is 5.75 Å². The molecule has 1 heterocycles. The summed E-state index contributed by atoms with van der Waals surface area (Å²) >= 11 is 7.15. The molecule has 1 aliphatic rings. The van der Waals surface area contributed by atoms with Crippen molar-refractivity contribution in [1.82, 2.24) is 10.4 Å². The van der Waals surface area contributed by atoms with Crippen LogP contribution in [0.4, 0.5) is 0 Å². The molecule has 0 saturated carbocycles. The normalized spacial score (nSPS) is 23.3. The second kappa shape index (κ2) is 7.95. The number of nitrogens with zero attached hydrogens (tertiary/aromatic N) is 1. The van der Waals surface area contributed by atoms with Gasteiger partial charge in [0.2, 0.25) is 0 Å². The van der Waals surface area contributed by atoms with E-state index in [-0.39, 0.29) is 0 Å². The van der Waals surface area contributed by atoms with Gasteiger partial charge in [-0.1, -0.05) is 22.4 Å². The first-order chi connectivity index (χ1) is 10.0. The molecule has 3 nitrogen and oxygen atoms in total. The van der Waals surface area contributed by atoms with E-state index in [0.29, 0.717) is 18.7 Å². The predicted octanol–water partition coefficient (Wildman–Crippen LogP) is 4.88. The summed E-state index contributed by atoms with van der Waals surface area (Å²) in [6.07, 6.45) is 3.85. The molecule has 1 saturated heterocycles. The standard InChI is InChI=1S/C16H24Br2N2O/c1-4-21-16-13(8-14(17)9-15(16)18)10-19-20-11(2)6-5-7-12(20)3/h8-9,11-12,19H,4-7,10H2,1-3H3. The van der Waals surface area contributed by atoms with Gasteiger partial charge in [0.15, 0.2) is 0 Å². The van der Waals surface area contributed by atoms with Gasteiger partial charge in [0.1, 0.15) is 5.75 Å². The minimum atomic E-state index is 0.583. The van der Waals surface area contributed by atoms with E-state index in [2.05, 4.69) is 62.2 Å². The van der Waals surface area contributed by atoms with Gasteiger partial charge < -0.3 is 4.74 Å². The summed E-state index contributed by atoms with van der Waals surface area (Å²) in [6.45, 7) is 8.05. The van der Waals surface area contributed by atoms with E-state index in [0.717, 1.165) is 21.2 Å². The van der Waals surface area contributed by atoms with Gasteiger partial charge >= 0.3 is 0 Å². The molecule has 1 aliphatic heterocycles. The molecule has 2 rings (SSSR count). The highest BCUT2D eigenvalue weighted by Gasteiger charge is 2.24. The average molecular weight is 420 g/mol. The van der Waals surface area contributed by atoms with Gasteiger partial charge in [-0.05, 0) is 61.7 Å². The molecule has 1 aromatic rings. The van der Waals surface area contributed by atoms with Crippen molar-refractivity contribution in [2.45, 2.75) is 58.7 Å². The lowest BCUT2D eigenvalue weighted by atomic mass is 10.00. The van der Waals surface area contributed by atoms with Gasteiger partial charge in [0, 0.05) is 28.7 Å². The lowest BCUT2D eigenvalue weighted by molar-refractivity contribution is 0.0432. The van der Waals surface area contributed by atoms with E-state index >= 15 is 0 Å². The zero-order chi connectivity index (χ0) is 15.4. The molecular formula is C16H24Br2N2O. The predicted molar refractivity (Wildman–Crippen MR) is 94.5 cm³/mol. The van der Waals surface area contributed by atoms with Crippen molar-refractivity contribution < 1.29 is 4.74 Å². The van der Waals surface area contributed by atoms with Crippen LogP contribution in [0.15, 0.2) is 21.1 Å². The Hall–Kier alpha value is -0.100. The van der Waals surface area contributed by atoms with Crippen LogP contribution in [0.25, 0.3) is 0 Å². The number of hydrogen-bond acceptors (Lipinski definition) is 3. The third-order valence-electron chi connectivity index (χ3n) is 4.02. The molecule has 2 unspecified atom stereocenters. The van der Waals surface area contributed by atoms with Crippen molar-refractivity contribution in [3.63, 3.8) is 0 Å². The first-order valence-corrected chi connectivity index (χ1v) is 9.24. The quantitative estimate of drug-likeness (QED) is 0.735. The number of nitrogens with one attached hydrogen (secondary N) is 1. The fourth-order valence-electron chi connectivity index (χ4n) is 2.96. The van der Waals surface area contributed by atoms with Crippen molar-refractivity contribution in [1.29, 1.82) is 0 Å². The maximum absolute atomic E-state index is 5.79. The molecule has 118 valence electrons. The number of halogens is 2. The first kappa shape index (κ1) is 17.3. The van der Waals surface area contributed by atoms with Crippen LogP contribution in [-0.2, 0) is 6.54 Å². The number of ether oxygens (including phenoxy) is 1. The Morgan fingerprint density at radius 1 is 1.24 bits per heavy atom. The molecule has 0 spiro atoms. The SMILES string of the molecule is CCOc1c(Br)cc(Br)cc1CNN1C(C)CCCC1C. The van der Waals surface area contributed by atoms with E-state index in [1.807, 2.05) is 13.0 Å². The van der Waals surface area contributed by atoms with Crippen LogP contribution in [0, 0.1) is 0 Å².